The maximum atomic E-state index is 13.2. The molecule has 2 rings (SSSR count). The molecular formula is C11H5F5N2. The highest BCUT2D eigenvalue weighted by Crippen LogP contribution is 2.22. The second-order valence-corrected chi connectivity index (χ2v) is 3.34. The summed E-state index contributed by atoms with van der Waals surface area (Å²) in [5.74, 6) is -6.71. The normalized spacial score (nSPS) is 10.5. The first-order chi connectivity index (χ1) is 8.47. The lowest BCUT2D eigenvalue weighted by Crippen LogP contribution is -2.03. The summed E-state index contributed by atoms with van der Waals surface area (Å²) in [4.78, 5) is 2.94. The van der Waals surface area contributed by atoms with Gasteiger partial charge in [-0.15, -0.1) is 0 Å². The Morgan fingerprint density at radius 1 is 0.833 bits per heavy atom. The highest BCUT2D eigenvalue weighted by Gasteiger charge is 2.13. The van der Waals surface area contributed by atoms with Crippen molar-refractivity contribution >= 4 is 11.5 Å². The molecule has 0 unspecified atom stereocenters. The van der Waals surface area contributed by atoms with Crippen molar-refractivity contribution in [3.05, 3.63) is 53.5 Å². The Hall–Kier alpha value is -2.18. The van der Waals surface area contributed by atoms with Crippen LogP contribution in [0.1, 0.15) is 0 Å². The molecular weight excluding hydrogens is 255 g/mol. The number of hydrogen-bond acceptors (Lipinski definition) is 2. The van der Waals surface area contributed by atoms with E-state index in [0.717, 1.165) is 12.1 Å². The van der Waals surface area contributed by atoms with Crippen molar-refractivity contribution in [2.75, 3.05) is 5.32 Å². The van der Waals surface area contributed by atoms with Crippen molar-refractivity contribution in [3.8, 4) is 0 Å². The highest BCUT2D eigenvalue weighted by molar-refractivity contribution is 5.57. The van der Waals surface area contributed by atoms with Crippen LogP contribution in [0.2, 0.25) is 0 Å². The zero-order valence-electron chi connectivity index (χ0n) is 8.65. The van der Waals surface area contributed by atoms with E-state index in [0.29, 0.717) is 6.07 Å². The molecule has 0 atom stereocenters. The van der Waals surface area contributed by atoms with Crippen LogP contribution in [-0.4, -0.2) is 4.98 Å². The van der Waals surface area contributed by atoms with Gasteiger partial charge in [-0.3, -0.25) is 0 Å². The molecule has 0 radical (unpaired) electrons. The van der Waals surface area contributed by atoms with Gasteiger partial charge in [0.15, 0.2) is 17.5 Å². The molecule has 1 aromatic carbocycles. The number of pyridine rings is 1. The number of nitrogens with zero attached hydrogens (tertiary/aromatic N) is 1. The number of aromatic nitrogens is 1. The summed E-state index contributed by atoms with van der Waals surface area (Å²) in [5.41, 5.74) is -0.311. The van der Waals surface area contributed by atoms with Gasteiger partial charge in [-0.05, 0) is 12.1 Å². The molecule has 18 heavy (non-hydrogen) atoms. The Bertz CT molecular complexity index is 600. The first-order valence-electron chi connectivity index (χ1n) is 4.71. The summed E-state index contributed by atoms with van der Waals surface area (Å²) in [5, 5.41) is 2.10. The van der Waals surface area contributed by atoms with Gasteiger partial charge >= 0.3 is 0 Å². The average molecular weight is 260 g/mol. The van der Waals surface area contributed by atoms with E-state index in [1.807, 2.05) is 0 Å². The second-order valence-electron chi connectivity index (χ2n) is 3.34. The lowest BCUT2D eigenvalue weighted by atomic mass is 10.3. The predicted molar refractivity (Wildman–Crippen MR) is 53.8 cm³/mol. The number of anilines is 2. The van der Waals surface area contributed by atoms with E-state index in [4.69, 9.17) is 0 Å². The minimum absolute atomic E-state index is 0.270. The number of rotatable bonds is 2. The van der Waals surface area contributed by atoms with E-state index >= 15 is 0 Å². The summed E-state index contributed by atoms with van der Waals surface area (Å²) in [6, 6.07) is 2.72. The van der Waals surface area contributed by atoms with E-state index in [2.05, 4.69) is 10.3 Å². The Morgan fingerprint density at radius 2 is 1.56 bits per heavy atom. The Balaban J connectivity index is 2.37. The van der Waals surface area contributed by atoms with Crippen LogP contribution in [0.3, 0.4) is 0 Å². The van der Waals surface area contributed by atoms with Crippen molar-refractivity contribution in [3.63, 3.8) is 0 Å². The van der Waals surface area contributed by atoms with Crippen molar-refractivity contribution < 1.29 is 22.0 Å². The van der Waals surface area contributed by atoms with Crippen LogP contribution in [0.5, 0.6) is 0 Å². The quantitative estimate of drug-likeness (QED) is 0.660. The van der Waals surface area contributed by atoms with Gasteiger partial charge in [-0.2, -0.15) is 9.37 Å². The molecule has 1 heterocycles. The van der Waals surface area contributed by atoms with Crippen molar-refractivity contribution in [2.24, 2.45) is 0 Å². The number of hydrogen-bond donors (Lipinski definition) is 1. The van der Waals surface area contributed by atoms with E-state index in [1.165, 1.54) is 0 Å². The van der Waals surface area contributed by atoms with Gasteiger partial charge in [0, 0.05) is 12.1 Å². The monoisotopic (exact) mass is 260 g/mol. The maximum absolute atomic E-state index is 13.2. The van der Waals surface area contributed by atoms with Gasteiger partial charge in [0.25, 0.3) is 5.95 Å². The largest absolute Gasteiger partial charge is 0.335 e. The lowest BCUT2D eigenvalue weighted by Gasteiger charge is -2.07. The summed E-state index contributed by atoms with van der Waals surface area (Å²) in [6.45, 7) is 0. The highest BCUT2D eigenvalue weighted by atomic mass is 19.2. The molecule has 0 amide bonds. The Morgan fingerprint density at radius 3 is 2.22 bits per heavy atom. The Kier molecular flexibility index (Phi) is 3.14. The minimum Gasteiger partial charge on any atom is -0.335 e. The van der Waals surface area contributed by atoms with Crippen LogP contribution in [0, 0.1) is 29.2 Å². The fraction of sp³-hybridized carbons (Fsp3) is 0. The van der Waals surface area contributed by atoms with Gasteiger partial charge in [-0.25, -0.2) is 17.6 Å². The fourth-order valence-corrected chi connectivity index (χ4v) is 1.25. The summed E-state index contributed by atoms with van der Waals surface area (Å²) in [7, 11) is 0. The topological polar surface area (TPSA) is 24.9 Å². The summed E-state index contributed by atoms with van der Waals surface area (Å²) in [6.07, 6.45) is 0. The van der Waals surface area contributed by atoms with Crippen LogP contribution >= 0.6 is 0 Å². The van der Waals surface area contributed by atoms with Gasteiger partial charge in [0.2, 0.25) is 0 Å². The van der Waals surface area contributed by atoms with Crippen LogP contribution in [0.25, 0.3) is 0 Å². The van der Waals surface area contributed by atoms with Crippen molar-refractivity contribution in [1.29, 1.82) is 0 Å². The van der Waals surface area contributed by atoms with Crippen LogP contribution in [0.4, 0.5) is 33.5 Å². The molecule has 0 aliphatic heterocycles. The molecule has 0 saturated heterocycles. The molecule has 0 spiro atoms. The smallest absolute Gasteiger partial charge is 0.251 e. The van der Waals surface area contributed by atoms with E-state index in [9.17, 15) is 22.0 Å². The minimum atomic E-state index is -1.53. The lowest BCUT2D eigenvalue weighted by molar-refractivity contribution is 0.467. The van der Waals surface area contributed by atoms with E-state index in [1.54, 1.807) is 0 Å². The molecule has 2 nitrogen and oxygen atoms in total. The molecule has 1 aromatic heterocycles. The third-order valence-electron chi connectivity index (χ3n) is 2.07. The zero-order valence-corrected chi connectivity index (χ0v) is 8.65. The first kappa shape index (κ1) is 12.3. The second kappa shape index (κ2) is 4.59. The SMILES string of the molecule is Fc1ccc(Nc2nc(F)c(F)cc2F)c(F)c1. The van der Waals surface area contributed by atoms with Crippen LogP contribution in [0.15, 0.2) is 24.3 Å². The van der Waals surface area contributed by atoms with Gasteiger partial charge in [-0.1, -0.05) is 0 Å². The van der Waals surface area contributed by atoms with Crippen LogP contribution < -0.4 is 5.32 Å². The molecule has 0 saturated carbocycles. The molecule has 7 heteroatoms. The average Bonchev–Trinajstić information content (AvgIpc) is 2.29. The Labute approximate surface area is 98.1 Å². The van der Waals surface area contributed by atoms with Crippen molar-refractivity contribution in [2.45, 2.75) is 0 Å². The van der Waals surface area contributed by atoms with Gasteiger partial charge in [0.05, 0.1) is 5.69 Å². The molecule has 0 aliphatic rings. The zero-order chi connectivity index (χ0) is 13.3. The fourth-order valence-electron chi connectivity index (χ4n) is 1.25. The van der Waals surface area contributed by atoms with E-state index < -0.39 is 35.0 Å². The molecule has 0 fully saturated rings. The molecule has 0 aliphatic carbocycles. The first-order valence-corrected chi connectivity index (χ1v) is 4.71. The van der Waals surface area contributed by atoms with Gasteiger partial charge in [0.1, 0.15) is 11.6 Å². The molecule has 0 bridgehead atoms. The molecule has 2 aromatic rings. The van der Waals surface area contributed by atoms with E-state index in [-0.39, 0.29) is 11.8 Å². The standard InChI is InChI=1S/C11H5F5N2/c12-5-1-2-9(6(13)3-5)17-11-8(15)4-7(14)10(16)18-11/h1-4H,(H,17,18). The number of nitrogens with one attached hydrogen (secondary N) is 1. The molecule has 94 valence electrons. The third-order valence-corrected chi connectivity index (χ3v) is 2.07. The number of halogens is 5. The van der Waals surface area contributed by atoms with Crippen molar-refractivity contribution in [1.82, 2.24) is 4.98 Å². The van der Waals surface area contributed by atoms with Gasteiger partial charge < -0.3 is 5.32 Å². The summed E-state index contributed by atoms with van der Waals surface area (Å²) >= 11 is 0. The number of benzene rings is 1. The summed E-state index contributed by atoms with van der Waals surface area (Å²) < 4.78 is 64.4. The predicted octanol–water partition coefficient (Wildman–Crippen LogP) is 3.52. The van der Waals surface area contributed by atoms with Crippen LogP contribution in [-0.2, 0) is 0 Å². The maximum Gasteiger partial charge on any atom is 0.251 e. The molecule has 1 N–H and O–H groups in total. The third kappa shape index (κ3) is 2.39.